The van der Waals surface area contributed by atoms with Crippen LogP contribution in [-0.4, -0.2) is 43.3 Å². The molecule has 0 saturated carbocycles. The first-order valence-electron chi connectivity index (χ1n) is 5.26. The second-order valence-corrected chi connectivity index (χ2v) is 4.29. The molecule has 2 fully saturated rings. The van der Waals surface area contributed by atoms with E-state index in [0.717, 1.165) is 0 Å². The van der Waals surface area contributed by atoms with E-state index in [2.05, 4.69) is 6.58 Å². The van der Waals surface area contributed by atoms with Gasteiger partial charge in [0.15, 0.2) is 18.4 Å². The summed E-state index contributed by atoms with van der Waals surface area (Å²) in [5.41, 5.74) is 0. The molecule has 0 aliphatic carbocycles. The number of rotatable bonds is 4. The fraction of sp³-hybridized carbons (Fsp3) is 0.727. The molecule has 5 nitrogen and oxygen atoms in total. The van der Waals surface area contributed by atoms with Gasteiger partial charge in [0.05, 0.1) is 6.61 Å². The van der Waals surface area contributed by atoms with E-state index in [0.29, 0.717) is 12.9 Å². The van der Waals surface area contributed by atoms with Crippen molar-refractivity contribution >= 4 is 6.29 Å². The summed E-state index contributed by atoms with van der Waals surface area (Å²) >= 11 is 0. The van der Waals surface area contributed by atoms with Crippen LogP contribution < -0.4 is 0 Å². The van der Waals surface area contributed by atoms with Crippen LogP contribution in [0, 0.1) is 0 Å². The van der Waals surface area contributed by atoms with Gasteiger partial charge in [-0.05, 0) is 13.8 Å². The van der Waals surface area contributed by atoms with Crippen molar-refractivity contribution in [1.82, 2.24) is 0 Å². The first-order valence-corrected chi connectivity index (χ1v) is 5.26. The summed E-state index contributed by atoms with van der Waals surface area (Å²) in [6.45, 7) is 7.51. The predicted molar refractivity (Wildman–Crippen MR) is 54.7 cm³/mol. The van der Waals surface area contributed by atoms with Crippen LogP contribution in [-0.2, 0) is 23.7 Å². The molecular formula is C11H16O5. The molecule has 4 atom stereocenters. The van der Waals surface area contributed by atoms with E-state index in [-0.39, 0.29) is 6.10 Å². The summed E-state index contributed by atoms with van der Waals surface area (Å²) in [7, 11) is 0. The molecule has 90 valence electrons. The molecule has 0 N–H and O–H groups in total. The van der Waals surface area contributed by atoms with Gasteiger partial charge in [-0.2, -0.15) is 0 Å². The fourth-order valence-electron chi connectivity index (χ4n) is 1.98. The van der Waals surface area contributed by atoms with Crippen LogP contribution in [0.15, 0.2) is 12.7 Å². The monoisotopic (exact) mass is 228 g/mol. The van der Waals surface area contributed by atoms with Crippen LogP contribution in [0.5, 0.6) is 0 Å². The van der Waals surface area contributed by atoms with Gasteiger partial charge >= 0.3 is 0 Å². The molecule has 16 heavy (non-hydrogen) atoms. The van der Waals surface area contributed by atoms with E-state index in [4.69, 9.17) is 18.9 Å². The lowest BCUT2D eigenvalue weighted by Crippen LogP contribution is -2.37. The minimum Gasteiger partial charge on any atom is -0.368 e. The van der Waals surface area contributed by atoms with Crippen LogP contribution in [0.4, 0.5) is 0 Å². The van der Waals surface area contributed by atoms with Crippen molar-refractivity contribution in [2.45, 2.75) is 44.2 Å². The average molecular weight is 228 g/mol. The molecule has 0 aromatic heterocycles. The minimum atomic E-state index is -0.695. The summed E-state index contributed by atoms with van der Waals surface area (Å²) in [6.07, 6.45) is 0.389. The van der Waals surface area contributed by atoms with E-state index < -0.39 is 24.3 Å². The van der Waals surface area contributed by atoms with Crippen LogP contribution >= 0.6 is 0 Å². The summed E-state index contributed by atoms with van der Waals surface area (Å²) < 4.78 is 22.0. The third-order valence-corrected chi connectivity index (χ3v) is 2.57. The molecule has 0 radical (unpaired) electrons. The van der Waals surface area contributed by atoms with Gasteiger partial charge in [-0.25, -0.2) is 0 Å². The summed E-state index contributed by atoms with van der Waals surface area (Å²) in [5.74, 6) is -0.695. The van der Waals surface area contributed by atoms with Crippen molar-refractivity contribution in [3.63, 3.8) is 0 Å². The lowest BCUT2D eigenvalue weighted by atomic mass is 10.1. The molecule has 0 amide bonds. The third kappa shape index (κ3) is 2.04. The Morgan fingerprint density at radius 3 is 2.81 bits per heavy atom. The van der Waals surface area contributed by atoms with Gasteiger partial charge in [0.2, 0.25) is 0 Å². The summed E-state index contributed by atoms with van der Waals surface area (Å²) in [4.78, 5) is 10.8. The van der Waals surface area contributed by atoms with Crippen molar-refractivity contribution < 1.29 is 23.7 Å². The van der Waals surface area contributed by atoms with Crippen LogP contribution in [0.3, 0.4) is 0 Å². The average Bonchev–Trinajstić information content (AvgIpc) is 2.67. The molecule has 2 rings (SSSR count). The maximum Gasteiger partial charge on any atom is 0.190 e. The van der Waals surface area contributed by atoms with E-state index in [1.807, 2.05) is 0 Å². The second kappa shape index (κ2) is 4.25. The Bertz CT molecular complexity index is 288. The number of ether oxygens (including phenoxy) is 4. The fourth-order valence-corrected chi connectivity index (χ4v) is 1.98. The maximum atomic E-state index is 10.8. The number of hydrogen-bond acceptors (Lipinski definition) is 5. The molecule has 0 aromatic carbocycles. The molecule has 2 heterocycles. The van der Waals surface area contributed by atoms with Gasteiger partial charge in [0.1, 0.15) is 18.3 Å². The summed E-state index contributed by atoms with van der Waals surface area (Å²) in [5, 5.41) is 0. The minimum absolute atomic E-state index is 0.353. The molecule has 2 aliphatic rings. The molecular weight excluding hydrogens is 212 g/mol. The van der Waals surface area contributed by atoms with Crippen molar-refractivity contribution in [2.75, 3.05) is 6.61 Å². The number of fused-ring (bicyclic) bond motifs is 1. The van der Waals surface area contributed by atoms with Crippen LogP contribution in [0.25, 0.3) is 0 Å². The highest BCUT2D eigenvalue weighted by Crippen LogP contribution is 2.38. The Balaban J connectivity index is 2.07. The molecule has 5 heteroatoms. The van der Waals surface area contributed by atoms with E-state index in [1.54, 1.807) is 19.9 Å². The Hall–Kier alpha value is -0.750. The topological polar surface area (TPSA) is 54.0 Å². The van der Waals surface area contributed by atoms with Crippen molar-refractivity contribution in [2.24, 2.45) is 0 Å². The molecule has 2 saturated heterocycles. The maximum absolute atomic E-state index is 10.8. The molecule has 0 aromatic rings. The summed E-state index contributed by atoms with van der Waals surface area (Å²) in [6, 6.07) is 0. The lowest BCUT2D eigenvalue weighted by molar-refractivity contribution is -0.214. The van der Waals surface area contributed by atoms with Crippen LogP contribution in [0.2, 0.25) is 0 Å². The normalized spacial score (nSPS) is 40.6. The van der Waals surface area contributed by atoms with Gasteiger partial charge in [0, 0.05) is 0 Å². The van der Waals surface area contributed by atoms with Gasteiger partial charge in [0.25, 0.3) is 0 Å². The Morgan fingerprint density at radius 2 is 2.19 bits per heavy atom. The largest absolute Gasteiger partial charge is 0.368 e. The van der Waals surface area contributed by atoms with E-state index in [9.17, 15) is 4.79 Å². The highest BCUT2D eigenvalue weighted by atomic mass is 16.8. The number of carbonyl (C=O) groups is 1. The first kappa shape index (κ1) is 11.7. The van der Waals surface area contributed by atoms with Crippen LogP contribution in [0.1, 0.15) is 13.8 Å². The predicted octanol–water partition coefficient (Wildman–Crippen LogP) is 0.633. The number of carbonyl (C=O) groups excluding carboxylic acids is 1. The second-order valence-electron chi connectivity index (χ2n) is 4.29. The standard InChI is InChI=1S/C11H16O5/c1-4-5-13-8-7(6-12)14-10-9(8)15-11(2,3)16-10/h4,6-10H,1,5H2,2-3H3. The molecule has 0 spiro atoms. The van der Waals surface area contributed by atoms with Crippen molar-refractivity contribution in [3.8, 4) is 0 Å². The SMILES string of the molecule is C=CCOC1C(C=O)OC2OC(C)(C)OC21. The van der Waals surface area contributed by atoms with E-state index >= 15 is 0 Å². The highest BCUT2D eigenvalue weighted by molar-refractivity contribution is 5.58. The molecule has 0 bridgehead atoms. The van der Waals surface area contributed by atoms with Crippen molar-refractivity contribution in [3.05, 3.63) is 12.7 Å². The zero-order valence-electron chi connectivity index (χ0n) is 9.42. The van der Waals surface area contributed by atoms with Gasteiger partial charge in [-0.15, -0.1) is 6.58 Å². The number of hydrogen-bond donors (Lipinski definition) is 0. The zero-order valence-corrected chi connectivity index (χ0v) is 9.42. The molecule has 4 unspecified atom stereocenters. The van der Waals surface area contributed by atoms with E-state index in [1.165, 1.54) is 0 Å². The third-order valence-electron chi connectivity index (χ3n) is 2.57. The quantitative estimate of drug-likeness (QED) is 0.522. The number of aldehydes is 1. The highest BCUT2D eigenvalue weighted by Gasteiger charge is 2.55. The Kier molecular flexibility index (Phi) is 3.12. The zero-order chi connectivity index (χ0) is 11.8. The Morgan fingerprint density at radius 1 is 1.44 bits per heavy atom. The molecule has 2 aliphatic heterocycles. The lowest BCUT2D eigenvalue weighted by Gasteiger charge is -2.23. The van der Waals surface area contributed by atoms with Gasteiger partial charge in [-0.3, -0.25) is 0 Å². The van der Waals surface area contributed by atoms with Gasteiger partial charge < -0.3 is 23.7 Å². The smallest absolute Gasteiger partial charge is 0.190 e. The first-order chi connectivity index (χ1) is 7.57. The van der Waals surface area contributed by atoms with Gasteiger partial charge in [-0.1, -0.05) is 6.08 Å². The Labute approximate surface area is 94.3 Å². The van der Waals surface area contributed by atoms with Crippen molar-refractivity contribution in [1.29, 1.82) is 0 Å².